The quantitative estimate of drug-likeness (QED) is 0.696. The number of carbonyl (C=O) groups is 1. The molecule has 0 saturated heterocycles. The minimum atomic E-state index is -3.70. The summed E-state index contributed by atoms with van der Waals surface area (Å²) in [4.78, 5) is 11.6. The van der Waals surface area contributed by atoms with Crippen molar-refractivity contribution in [2.45, 2.75) is 18.7 Å². The Hall–Kier alpha value is -2.80. The second-order valence-electron chi connectivity index (χ2n) is 5.76. The van der Waals surface area contributed by atoms with Gasteiger partial charge in [0, 0.05) is 12.2 Å². The molecule has 138 valence electrons. The second-order valence-corrected chi connectivity index (χ2v) is 7.44. The first-order valence-corrected chi connectivity index (χ1v) is 9.50. The molecule has 6 nitrogen and oxygen atoms in total. The molecule has 2 aromatic rings. The van der Waals surface area contributed by atoms with Crippen LogP contribution in [0.4, 0.5) is 5.69 Å². The summed E-state index contributed by atoms with van der Waals surface area (Å²) in [6.07, 6.45) is 1.57. The molecule has 2 N–H and O–H groups in total. The van der Waals surface area contributed by atoms with Crippen LogP contribution in [0.15, 0.2) is 60.0 Å². The minimum absolute atomic E-state index is 0.110. The molecule has 0 bridgehead atoms. The molecule has 0 aromatic heterocycles. The summed E-state index contributed by atoms with van der Waals surface area (Å²) < 4.78 is 32.8. The third kappa shape index (κ3) is 5.35. The van der Waals surface area contributed by atoms with Crippen LogP contribution in [0.25, 0.3) is 0 Å². The lowest BCUT2D eigenvalue weighted by atomic mass is 10.1. The topological polar surface area (TPSA) is 84.5 Å². The van der Waals surface area contributed by atoms with Crippen molar-refractivity contribution < 1.29 is 17.9 Å². The van der Waals surface area contributed by atoms with E-state index in [9.17, 15) is 13.2 Å². The SMILES string of the molecule is C=CCNC(=O)COc1ccc(S(=O)(=O)Nc2ccc(C)c(C)c2)cc1. The Morgan fingerprint density at radius 2 is 1.81 bits per heavy atom. The normalized spacial score (nSPS) is 10.8. The standard InChI is InChI=1S/C19H22N2O4S/c1-4-11-20-19(22)13-25-17-7-9-18(10-8-17)26(23,24)21-16-6-5-14(2)15(3)12-16/h4-10,12,21H,1,11,13H2,2-3H3,(H,20,22). The van der Waals surface area contributed by atoms with Gasteiger partial charge in [-0.1, -0.05) is 12.1 Å². The maximum atomic E-state index is 12.5. The third-order valence-electron chi connectivity index (χ3n) is 3.71. The van der Waals surface area contributed by atoms with Crippen molar-refractivity contribution in [2.75, 3.05) is 17.9 Å². The van der Waals surface area contributed by atoms with Gasteiger partial charge in [0.1, 0.15) is 5.75 Å². The highest BCUT2D eigenvalue weighted by atomic mass is 32.2. The van der Waals surface area contributed by atoms with E-state index in [1.807, 2.05) is 19.9 Å². The van der Waals surface area contributed by atoms with E-state index in [2.05, 4.69) is 16.6 Å². The first kappa shape index (κ1) is 19.5. The highest BCUT2D eigenvalue weighted by Crippen LogP contribution is 2.21. The van der Waals surface area contributed by atoms with Crippen molar-refractivity contribution in [2.24, 2.45) is 0 Å². The van der Waals surface area contributed by atoms with Crippen LogP contribution < -0.4 is 14.8 Å². The van der Waals surface area contributed by atoms with Gasteiger partial charge < -0.3 is 10.1 Å². The largest absolute Gasteiger partial charge is 0.484 e. The van der Waals surface area contributed by atoms with Crippen molar-refractivity contribution in [1.29, 1.82) is 0 Å². The van der Waals surface area contributed by atoms with Gasteiger partial charge in [-0.15, -0.1) is 6.58 Å². The highest BCUT2D eigenvalue weighted by molar-refractivity contribution is 7.92. The Balaban J connectivity index is 2.02. The summed E-state index contributed by atoms with van der Waals surface area (Å²) in [6, 6.07) is 11.2. The van der Waals surface area contributed by atoms with E-state index in [1.165, 1.54) is 24.3 Å². The maximum Gasteiger partial charge on any atom is 0.261 e. The van der Waals surface area contributed by atoms with Crippen LogP contribution in [0.1, 0.15) is 11.1 Å². The number of aryl methyl sites for hydroxylation is 2. The van der Waals surface area contributed by atoms with Crippen LogP contribution in [0.2, 0.25) is 0 Å². The Labute approximate surface area is 153 Å². The van der Waals surface area contributed by atoms with Crippen molar-refractivity contribution in [3.8, 4) is 5.75 Å². The Morgan fingerprint density at radius 3 is 2.42 bits per heavy atom. The van der Waals surface area contributed by atoms with Gasteiger partial charge in [0.2, 0.25) is 0 Å². The number of nitrogens with one attached hydrogen (secondary N) is 2. The van der Waals surface area contributed by atoms with E-state index in [4.69, 9.17) is 4.74 Å². The molecular formula is C19H22N2O4S. The van der Waals surface area contributed by atoms with Crippen molar-refractivity contribution >= 4 is 21.6 Å². The average molecular weight is 374 g/mol. The van der Waals surface area contributed by atoms with E-state index in [0.29, 0.717) is 18.0 Å². The van der Waals surface area contributed by atoms with E-state index in [1.54, 1.807) is 18.2 Å². The number of hydrogen-bond donors (Lipinski definition) is 2. The zero-order valence-electron chi connectivity index (χ0n) is 14.8. The maximum absolute atomic E-state index is 12.5. The number of hydrogen-bond acceptors (Lipinski definition) is 4. The lowest BCUT2D eigenvalue weighted by Crippen LogP contribution is -2.28. The van der Waals surface area contributed by atoms with Crippen LogP contribution in [-0.2, 0) is 14.8 Å². The van der Waals surface area contributed by atoms with Crippen molar-refractivity contribution in [1.82, 2.24) is 5.32 Å². The fourth-order valence-corrected chi connectivity index (χ4v) is 3.17. The summed E-state index contributed by atoms with van der Waals surface area (Å²) >= 11 is 0. The Bertz CT molecular complexity index is 890. The zero-order valence-corrected chi connectivity index (χ0v) is 15.6. The molecule has 0 atom stereocenters. The van der Waals surface area contributed by atoms with Crippen LogP contribution >= 0.6 is 0 Å². The first-order valence-electron chi connectivity index (χ1n) is 8.02. The fourth-order valence-electron chi connectivity index (χ4n) is 2.12. The van der Waals surface area contributed by atoms with Crippen molar-refractivity contribution in [3.05, 3.63) is 66.2 Å². The summed E-state index contributed by atoms with van der Waals surface area (Å²) in [5.74, 6) is 0.127. The molecule has 0 aliphatic heterocycles. The van der Waals surface area contributed by atoms with Crippen LogP contribution in [0.5, 0.6) is 5.75 Å². The smallest absolute Gasteiger partial charge is 0.261 e. The summed E-state index contributed by atoms with van der Waals surface area (Å²) in [5, 5.41) is 2.59. The molecule has 0 heterocycles. The summed E-state index contributed by atoms with van der Waals surface area (Å²) in [7, 11) is -3.70. The predicted octanol–water partition coefficient (Wildman–Crippen LogP) is 2.79. The zero-order chi connectivity index (χ0) is 19.2. The molecule has 0 fully saturated rings. The number of rotatable bonds is 8. The van der Waals surface area contributed by atoms with Gasteiger partial charge in [-0.3, -0.25) is 9.52 Å². The van der Waals surface area contributed by atoms with Gasteiger partial charge in [-0.05, 0) is 61.4 Å². The molecular weight excluding hydrogens is 352 g/mol. The van der Waals surface area contributed by atoms with E-state index in [-0.39, 0.29) is 17.4 Å². The number of ether oxygens (including phenoxy) is 1. The molecule has 0 aliphatic rings. The fraction of sp³-hybridized carbons (Fsp3) is 0.211. The van der Waals surface area contributed by atoms with Crippen LogP contribution in [0, 0.1) is 13.8 Å². The summed E-state index contributed by atoms with van der Waals surface area (Å²) in [6.45, 7) is 7.60. The van der Waals surface area contributed by atoms with E-state index >= 15 is 0 Å². The number of carbonyl (C=O) groups excluding carboxylic acids is 1. The molecule has 0 radical (unpaired) electrons. The number of benzene rings is 2. The molecule has 7 heteroatoms. The van der Waals surface area contributed by atoms with Gasteiger partial charge in [-0.25, -0.2) is 8.42 Å². The molecule has 0 aliphatic carbocycles. The van der Waals surface area contributed by atoms with Gasteiger partial charge in [0.05, 0.1) is 4.90 Å². The second kappa shape index (κ2) is 8.53. The minimum Gasteiger partial charge on any atom is -0.484 e. The van der Waals surface area contributed by atoms with E-state index < -0.39 is 10.0 Å². The number of sulfonamides is 1. The van der Waals surface area contributed by atoms with Gasteiger partial charge in [0.15, 0.2) is 6.61 Å². The predicted molar refractivity (Wildman–Crippen MR) is 102 cm³/mol. The molecule has 0 saturated carbocycles. The molecule has 1 amide bonds. The monoisotopic (exact) mass is 374 g/mol. The molecule has 0 spiro atoms. The number of amides is 1. The lowest BCUT2D eigenvalue weighted by molar-refractivity contribution is -0.122. The van der Waals surface area contributed by atoms with Crippen LogP contribution in [-0.4, -0.2) is 27.5 Å². The van der Waals surface area contributed by atoms with Crippen LogP contribution in [0.3, 0.4) is 0 Å². The molecule has 2 rings (SSSR count). The highest BCUT2D eigenvalue weighted by Gasteiger charge is 2.14. The van der Waals surface area contributed by atoms with Crippen molar-refractivity contribution in [3.63, 3.8) is 0 Å². The molecule has 0 unspecified atom stereocenters. The molecule has 26 heavy (non-hydrogen) atoms. The van der Waals surface area contributed by atoms with Gasteiger partial charge >= 0.3 is 0 Å². The third-order valence-corrected chi connectivity index (χ3v) is 5.10. The lowest BCUT2D eigenvalue weighted by Gasteiger charge is -2.11. The van der Waals surface area contributed by atoms with Gasteiger partial charge in [0.25, 0.3) is 15.9 Å². The number of anilines is 1. The average Bonchev–Trinajstić information content (AvgIpc) is 2.61. The Morgan fingerprint density at radius 1 is 1.12 bits per heavy atom. The van der Waals surface area contributed by atoms with Gasteiger partial charge in [-0.2, -0.15) is 0 Å². The molecule has 2 aromatic carbocycles. The Kier molecular flexibility index (Phi) is 6.41. The first-order chi connectivity index (χ1) is 12.3. The summed E-state index contributed by atoms with van der Waals surface area (Å²) in [5.41, 5.74) is 2.60. The van der Waals surface area contributed by atoms with E-state index in [0.717, 1.165) is 11.1 Å².